The molecule has 0 unspecified atom stereocenters. The predicted molar refractivity (Wildman–Crippen MR) is 75.3 cm³/mol. The number of carbonyl (C=O) groups excluding carboxylic acids is 1. The number of nitrogens with two attached hydrogens (primary N) is 1. The van der Waals surface area contributed by atoms with Gasteiger partial charge in [-0.05, 0) is 30.7 Å². The first-order chi connectivity index (χ1) is 9.21. The van der Waals surface area contributed by atoms with Crippen molar-refractivity contribution < 1.29 is 14.3 Å². The molecular formula is C14H20N2O3. The second kappa shape index (κ2) is 8.16. The molecule has 0 heterocycles. The van der Waals surface area contributed by atoms with Gasteiger partial charge in [-0.1, -0.05) is 6.07 Å². The molecule has 0 radical (unpaired) electrons. The van der Waals surface area contributed by atoms with Crippen LogP contribution in [0.1, 0.15) is 12.5 Å². The Morgan fingerprint density at radius 2 is 2.21 bits per heavy atom. The van der Waals surface area contributed by atoms with E-state index < -0.39 is 0 Å². The Labute approximate surface area is 113 Å². The Morgan fingerprint density at radius 1 is 1.42 bits per heavy atom. The van der Waals surface area contributed by atoms with Crippen LogP contribution in [0.25, 0.3) is 6.08 Å². The zero-order chi connectivity index (χ0) is 14.1. The van der Waals surface area contributed by atoms with Crippen LogP contribution in [0.5, 0.6) is 11.5 Å². The summed E-state index contributed by atoms with van der Waals surface area (Å²) in [6.07, 6.45) is 3.18. The first-order valence-electron chi connectivity index (χ1n) is 6.18. The van der Waals surface area contributed by atoms with Crippen molar-refractivity contribution in [2.75, 3.05) is 26.8 Å². The van der Waals surface area contributed by atoms with E-state index in [2.05, 4.69) is 5.32 Å². The van der Waals surface area contributed by atoms with Crippen molar-refractivity contribution in [1.82, 2.24) is 5.32 Å². The highest BCUT2D eigenvalue weighted by Gasteiger charge is 2.03. The predicted octanol–water partition coefficient (Wildman–Crippen LogP) is 1.18. The van der Waals surface area contributed by atoms with Gasteiger partial charge in [0.1, 0.15) is 0 Å². The summed E-state index contributed by atoms with van der Waals surface area (Å²) in [7, 11) is 1.58. The fourth-order valence-electron chi connectivity index (χ4n) is 1.49. The standard InChI is InChI=1S/C14H20N2O3/c1-3-19-12-6-4-11(10-13(12)18-2)5-7-14(17)16-9-8-15/h4-7,10H,3,8-9,15H2,1-2H3,(H,16,17)/b7-5+. The second-order valence-electron chi connectivity index (χ2n) is 3.76. The molecule has 0 atom stereocenters. The van der Waals surface area contributed by atoms with Crippen molar-refractivity contribution in [2.24, 2.45) is 5.73 Å². The molecule has 0 spiro atoms. The molecule has 0 aromatic heterocycles. The number of amides is 1. The van der Waals surface area contributed by atoms with E-state index in [1.54, 1.807) is 13.2 Å². The van der Waals surface area contributed by atoms with Gasteiger partial charge in [0.15, 0.2) is 11.5 Å². The largest absolute Gasteiger partial charge is 0.493 e. The molecule has 1 rings (SSSR count). The van der Waals surface area contributed by atoms with Gasteiger partial charge in [0, 0.05) is 19.2 Å². The lowest BCUT2D eigenvalue weighted by molar-refractivity contribution is -0.116. The highest BCUT2D eigenvalue weighted by molar-refractivity contribution is 5.91. The SMILES string of the molecule is CCOc1ccc(/C=C/C(=O)NCCN)cc1OC. The quantitative estimate of drug-likeness (QED) is 0.725. The highest BCUT2D eigenvalue weighted by atomic mass is 16.5. The molecule has 5 nitrogen and oxygen atoms in total. The lowest BCUT2D eigenvalue weighted by Gasteiger charge is -2.09. The van der Waals surface area contributed by atoms with Crippen LogP contribution >= 0.6 is 0 Å². The van der Waals surface area contributed by atoms with Gasteiger partial charge in [0.25, 0.3) is 0 Å². The summed E-state index contributed by atoms with van der Waals surface area (Å²) in [6, 6.07) is 5.50. The summed E-state index contributed by atoms with van der Waals surface area (Å²) >= 11 is 0. The topological polar surface area (TPSA) is 73.6 Å². The van der Waals surface area contributed by atoms with Gasteiger partial charge in [-0.15, -0.1) is 0 Å². The van der Waals surface area contributed by atoms with Crippen LogP contribution in [0.2, 0.25) is 0 Å². The molecule has 0 fully saturated rings. The van der Waals surface area contributed by atoms with Gasteiger partial charge in [-0.3, -0.25) is 4.79 Å². The third-order valence-electron chi connectivity index (χ3n) is 2.36. The molecule has 0 saturated heterocycles. The summed E-state index contributed by atoms with van der Waals surface area (Å²) in [6.45, 7) is 3.38. The number of carbonyl (C=O) groups is 1. The van der Waals surface area contributed by atoms with E-state index in [0.717, 1.165) is 5.56 Å². The molecule has 1 aromatic rings. The molecule has 19 heavy (non-hydrogen) atoms. The van der Waals surface area contributed by atoms with Crippen LogP contribution < -0.4 is 20.5 Å². The maximum absolute atomic E-state index is 11.4. The molecule has 0 aliphatic heterocycles. The number of methoxy groups -OCH3 is 1. The molecule has 104 valence electrons. The van der Waals surface area contributed by atoms with E-state index in [-0.39, 0.29) is 5.91 Å². The van der Waals surface area contributed by atoms with Gasteiger partial charge in [-0.2, -0.15) is 0 Å². The minimum atomic E-state index is -0.168. The van der Waals surface area contributed by atoms with Crippen LogP contribution in [0.15, 0.2) is 24.3 Å². The molecule has 0 bridgehead atoms. The van der Waals surface area contributed by atoms with Crippen molar-refractivity contribution in [2.45, 2.75) is 6.92 Å². The second-order valence-corrected chi connectivity index (χ2v) is 3.76. The first kappa shape index (κ1) is 15.0. The Balaban J connectivity index is 2.73. The van der Waals surface area contributed by atoms with Gasteiger partial charge in [-0.25, -0.2) is 0 Å². The van der Waals surface area contributed by atoms with Crippen LogP contribution in [0.3, 0.4) is 0 Å². The van der Waals surface area contributed by atoms with Crippen LogP contribution in [0.4, 0.5) is 0 Å². The molecule has 3 N–H and O–H groups in total. The number of hydrogen-bond acceptors (Lipinski definition) is 4. The minimum absolute atomic E-state index is 0.168. The summed E-state index contributed by atoms with van der Waals surface area (Å²) in [5, 5.41) is 2.66. The summed E-state index contributed by atoms with van der Waals surface area (Å²) in [5.41, 5.74) is 6.16. The molecule has 0 aliphatic carbocycles. The number of rotatable bonds is 7. The van der Waals surface area contributed by atoms with Gasteiger partial charge in [0.05, 0.1) is 13.7 Å². The van der Waals surface area contributed by atoms with E-state index >= 15 is 0 Å². The Kier molecular flexibility index (Phi) is 6.46. The molecule has 0 saturated carbocycles. The number of benzene rings is 1. The maximum Gasteiger partial charge on any atom is 0.244 e. The number of ether oxygens (including phenoxy) is 2. The van der Waals surface area contributed by atoms with Crippen molar-refractivity contribution in [3.05, 3.63) is 29.8 Å². The zero-order valence-corrected chi connectivity index (χ0v) is 11.3. The van der Waals surface area contributed by atoms with Crippen molar-refractivity contribution in [3.63, 3.8) is 0 Å². The van der Waals surface area contributed by atoms with Gasteiger partial charge < -0.3 is 20.5 Å². The molecule has 1 amide bonds. The Bertz CT molecular complexity index is 444. The summed E-state index contributed by atoms with van der Waals surface area (Å²) in [4.78, 5) is 11.4. The fraction of sp³-hybridized carbons (Fsp3) is 0.357. The highest BCUT2D eigenvalue weighted by Crippen LogP contribution is 2.28. The van der Waals surface area contributed by atoms with Crippen molar-refractivity contribution in [1.29, 1.82) is 0 Å². The van der Waals surface area contributed by atoms with Crippen LogP contribution in [-0.2, 0) is 4.79 Å². The fourth-order valence-corrected chi connectivity index (χ4v) is 1.49. The number of nitrogens with one attached hydrogen (secondary N) is 1. The van der Waals surface area contributed by atoms with Gasteiger partial charge >= 0.3 is 0 Å². The van der Waals surface area contributed by atoms with E-state index in [9.17, 15) is 4.79 Å². The van der Waals surface area contributed by atoms with Gasteiger partial charge in [0.2, 0.25) is 5.91 Å². The normalized spacial score (nSPS) is 10.5. The molecular weight excluding hydrogens is 244 g/mol. The molecule has 5 heteroatoms. The van der Waals surface area contributed by atoms with E-state index in [1.807, 2.05) is 25.1 Å². The lowest BCUT2D eigenvalue weighted by atomic mass is 10.2. The Morgan fingerprint density at radius 3 is 2.84 bits per heavy atom. The van der Waals surface area contributed by atoms with Crippen molar-refractivity contribution >= 4 is 12.0 Å². The molecule has 1 aromatic carbocycles. The molecule has 0 aliphatic rings. The van der Waals surface area contributed by atoms with E-state index in [1.165, 1.54) is 6.08 Å². The van der Waals surface area contributed by atoms with Crippen molar-refractivity contribution in [3.8, 4) is 11.5 Å². The lowest BCUT2D eigenvalue weighted by Crippen LogP contribution is -2.27. The third-order valence-corrected chi connectivity index (χ3v) is 2.36. The first-order valence-corrected chi connectivity index (χ1v) is 6.18. The average molecular weight is 264 g/mol. The minimum Gasteiger partial charge on any atom is -0.493 e. The Hall–Kier alpha value is -2.01. The van der Waals surface area contributed by atoms with E-state index in [0.29, 0.717) is 31.2 Å². The number of hydrogen-bond donors (Lipinski definition) is 2. The van der Waals surface area contributed by atoms with E-state index in [4.69, 9.17) is 15.2 Å². The zero-order valence-electron chi connectivity index (χ0n) is 11.3. The maximum atomic E-state index is 11.4. The summed E-state index contributed by atoms with van der Waals surface area (Å²) in [5.74, 6) is 1.17. The van der Waals surface area contributed by atoms with Crippen LogP contribution in [0, 0.1) is 0 Å². The summed E-state index contributed by atoms with van der Waals surface area (Å²) < 4.78 is 10.7. The monoisotopic (exact) mass is 264 g/mol. The smallest absolute Gasteiger partial charge is 0.244 e. The third kappa shape index (κ3) is 5.01. The van der Waals surface area contributed by atoms with Crippen LogP contribution in [-0.4, -0.2) is 32.7 Å². The average Bonchev–Trinajstić information content (AvgIpc) is 2.44.